The van der Waals surface area contributed by atoms with Gasteiger partial charge in [0.05, 0.1) is 10.6 Å². The molecule has 6 nitrogen and oxygen atoms in total. The molecule has 1 aromatic carbocycles. The monoisotopic (exact) mass is 407 g/mol. The summed E-state index contributed by atoms with van der Waals surface area (Å²) in [4.78, 5) is 41.7. The molecule has 0 radical (unpaired) electrons. The molecule has 1 heterocycles. The molecule has 3 rings (SSSR count). The van der Waals surface area contributed by atoms with E-state index in [1.165, 1.54) is 0 Å². The van der Waals surface area contributed by atoms with Gasteiger partial charge in [-0.25, -0.2) is 13.8 Å². The van der Waals surface area contributed by atoms with Crippen LogP contribution < -0.4 is 10.6 Å². The van der Waals surface area contributed by atoms with Crippen LogP contribution in [0, 0.1) is 17.6 Å². The summed E-state index contributed by atoms with van der Waals surface area (Å²) in [6.45, 7) is 3.39. The molecule has 1 aliphatic carbocycles. The van der Waals surface area contributed by atoms with Gasteiger partial charge in [-0.3, -0.25) is 14.4 Å². The van der Waals surface area contributed by atoms with Crippen molar-refractivity contribution in [2.24, 2.45) is 5.92 Å². The van der Waals surface area contributed by atoms with Crippen molar-refractivity contribution in [1.29, 1.82) is 0 Å². The van der Waals surface area contributed by atoms with Gasteiger partial charge in [0.25, 0.3) is 5.91 Å². The number of amides is 2. The number of carbonyl (C=O) groups excluding carboxylic acids is 3. The number of aryl methyl sites for hydroxylation is 1. The Balaban J connectivity index is 1.76. The fourth-order valence-corrected chi connectivity index (χ4v) is 3.95. The van der Waals surface area contributed by atoms with E-state index in [0.29, 0.717) is 23.4 Å². The zero-order valence-electron chi connectivity index (χ0n) is 15.3. The summed E-state index contributed by atoms with van der Waals surface area (Å²) in [5.74, 6) is -3.95. The molecule has 28 heavy (non-hydrogen) atoms. The Morgan fingerprint density at radius 1 is 1.18 bits per heavy atom. The number of thiazole rings is 1. The number of anilines is 1. The zero-order chi connectivity index (χ0) is 20.4. The molecule has 1 aliphatic rings. The second-order valence-electron chi connectivity index (χ2n) is 6.85. The van der Waals surface area contributed by atoms with Gasteiger partial charge in [-0.15, -0.1) is 0 Å². The summed E-state index contributed by atoms with van der Waals surface area (Å²) < 4.78 is 27.7. The third-order valence-electron chi connectivity index (χ3n) is 4.42. The molecule has 0 aliphatic heterocycles. The Bertz CT molecular complexity index is 922. The van der Waals surface area contributed by atoms with Crippen molar-refractivity contribution in [3.05, 3.63) is 46.0 Å². The van der Waals surface area contributed by atoms with Gasteiger partial charge in [-0.2, -0.15) is 0 Å². The largest absolute Gasteiger partial charge is 0.340 e. The van der Waals surface area contributed by atoms with Crippen LogP contribution in [0.4, 0.5) is 13.9 Å². The number of nitrogens with one attached hydrogen (secondary N) is 2. The maximum atomic E-state index is 13.8. The lowest BCUT2D eigenvalue weighted by Crippen LogP contribution is -2.47. The van der Waals surface area contributed by atoms with Crippen LogP contribution in [0.25, 0.3) is 0 Å². The summed E-state index contributed by atoms with van der Waals surface area (Å²) in [5, 5.41) is 5.25. The second kappa shape index (κ2) is 8.14. The lowest BCUT2D eigenvalue weighted by atomic mass is 10.0. The van der Waals surface area contributed by atoms with Crippen molar-refractivity contribution in [2.45, 2.75) is 39.2 Å². The van der Waals surface area contributed by atoms with Crippen LogP contribution in [0.2, 0.25) is 0 Å². The van der Waals surface area contributed by atoms with Crippen molar-refractivity contribution >= 4 is 34.1 Å². The highest BCUT2D eigenvalue weighted by molar-refractivity contribution is 7.17. The Kier molecular flexibility index (Phi) is 5.83. The Labute approximate surface area is 164 Å². The van der Waals surface area contributed by atoms with E-state index in [1.54, 1.807) is 13.8 Å². The number of nitrogens with zero attached hydrogens (tertiary/aromatic N) is 1. The van der Waals surface area contributed by atoms with E-state index in [4.69, 9.17) is 0 Å². The molecule has 0 saturated carbocycles. The number of aromatic nitrogens is 1. The van der Waals surface area contributed by atoms with Gasteiger partial charge in [0.1, 0.15) is 23.2 Å². The maximum Gasteiger partial charge on any atom is 0.257 e. The molecule has 2 aromatic rings. The molecule has 1 aromatic heterocycles. The molecule has 0 saturated heterocycles. The SMILES string of the molecule is CC(C)C(NC(=O)c1c(F)cccc1F)C(=O)Nc1nc2c(s1)C(=O)CCC2. The highest BCUT2D eigenvalue weighted by atomic mass is 32.1. The molecule has 1 atom stereocenters. The summed E-state index contributed by atoms with van der Waals surface area (Å²) in [5.41, 5.74) is -0.0774. The van der Waals surface area contributed by atoms with Crippen LogP contribution in [-0.2, 0) is 11.2 Å². The molecule has 2 amide bonds. The number of hydrogen-bond acceptors (Lipinski definition) is 5. The molecule has 148 valence electrons. The standard InChI is InChI=1S/C19H19F2N3O3S/c1-9(2)15(23-17(26)14-10(20)5-3-6-11(14)21)18(27)24-19-22-12-7-4-8-13(25)16(12)28-19/h3,5-6,9,15H,4,7-8H2,1-2H3,(H,23,26)(H,22,24,27). The van der Waals surface area contributed by atoms with Gasteiger partial charge in [0.2, 0.25) is 5.91 Å². The Hall–Kier alpha value is -2.68. The van der Waals surface area contributed by atoms with Crippen LogP contribution in [0.15, 0.2) is 18.2 Å². The zero-order valence-corrected chi connectivity index (χ0v) is 16.2. The van der Waals surface area contributed by atoms with E-state index in [1.807, 2.05) is 0 Å². The lowest BCUT2D eigenvalue weighted by Gasteiger charge is -2.21. The van der Waals surface area contributed by atoms with E-state index in [2.05, 4.69) is 15.6 Å². The second-order valence-corrected chi connectivity index (χ2v) is 7.85. The summed E-state index contributed by atoms with van der Waals surface area (Å²) >= 11 is 1.10. The number of hydrogen-bond donors (Lipinski definition) is 2. The number of fused-ring (bicyclic) bond motifs is 1. The topological polar surface area (TPSA) is 88.2 Å². The van der Waals surface area contributed by atoms with Gasteiger partial charge in [-0.1, -0.05) is 31.3 Å². The number of Topliss-reactive ketones (excluding diaryl/α,β-unsaturated/α-hetero) is 1. The highest BCUT2D eigenvalue weighted by Gasteiger charge is 2.29. The number of benzene rings is 1. The van der Waals surface area contributed by atoms with Gasteiger partial charge < -0.3 is 10.6 Å². The number of halogens is 2. The molecule has 0 fully saturated rings. The summed E-state index contributed by atoms with van der Waals surface area (Å²) in [6.07, 6.45) is 1.85. The van der Waals surface area contributed by atoms with Gasteiger partial charge >= 0.3 is 0 Å². The molecule has 2 N–H and O–H groups in total. The fraction of sp³-hybridized carbons (Fsp3) is 0.368. The molecular weight excluding hydrogens is 388 g/mol. The minimum Gasteiger partial charge on any atom is -0.340 e. The van der Waals surface area contributed by atoms with E-state index in [9.17, 15) is 23.2 Å². The Morgan fingerprint density at radius 2 is 1.86 bits per heavy atom. The van der Waals surface area contributed by atoms with Gasteiger partial charge in [0.15, 0.2) is 10.9 Å². The predicted octanol–water partition coefficient (Wildman–Crippen LogP) is 3.33. The van der Waals surface area contributed by atoms with Gasteiger partial charge in [0, 0.05) is 6.42 Å². The quantitative estimate of drug-likeness (QED) is 0.796. The molecule has 9 heteroatoms. The first-order chi connectivity index (χ1) is 13.3. The first-order valence-corrected chi connectivity index (χ1v) is 9.68. The van der Waals surface area contributed by atoms with Crippen molar-refractivity contribution in [3.63, 3.8) is 0 Å². The van der Waals surface area contributed by atoms with E-state index in [-0.39, 0.29) is 16.8 Å². The van der Waals surface area contributed by atoms with Crippen LogP contribution in [0.5, 0.6) is 0 Å². The van der Waals surface area contributed by atoms with Crippen LogP contribution in [0.3, 0.4) is 0 Å². The Morgan fingerprint density at radius 3 is 2.46 bits per heavy atom. The summed E-state index contributed by atoms with van der Waals surface area (Å²) in [7, 11) is 0. The first-order valence-electron chi connectivity index (χ1n) is 8.86. The molecule has 1 unspecified atom stereocenters. The third kappa shape index (κ3) is 4.09. The highest BCUT2D eigenvalue weighted by Crippen LogP contribution is 2.29. The smallest absolute Gasteiger partial charge is 0.257 e. The van der Waals surface area contributed by atoms with E-state index < -0.39 is 35.1 Å². The predicted molar refractivity (Wildman–Crippen MR) is 100 cm³/mol. The maximum absolute atomic E-state index is 13.8. The number of ketones is 1. The number of carbonyl (C=O) groups is 3. The van der Waals surface area contributed by atoms with Crippen LogP contribution in [0.1, 0.15) is 52.4 Å². The number of rotatable bonds is 5. The van der Waals surface area contributed by atoms with Crippen LogP contribution in [-0.4, -0.2) is 28.6 Å². The minimum absolute atomic E-state index is 0.00277. The minimum atomic E-state index is -1.04. The lowest BCUT2D eigenvalue weighted by molar-refractivity contribution is -0.118. The third-order valence-corrected chi connectivity index (χ3v) is 5.48. The first kappa shape index (κ1) is 20.1. The van der Waals surface area contributed by atoms with E-state index in [0.717, 1.165) is 36.0 Å². The van der Waals surface area contributed by atoms with Crippen molar-refractivity contribution in [2.75, 3.05) is 5.32 Å². The summed E-state index contributed by atoms with van der Waals surface area (Å²) in [6, 6.07) is 2.06. The van der Waals surface area contributed by atoms with Crippen molar-refractivity contribution in [3.8, 4) is 0 Å². The van der Waals surface area contributed by atoms with Crippen molar-refractivity contribution in [1.82, 2.24) is 10.3 Å². The molecule has 0 spiro atoms. The van der Waals surface area contributed by atoms with Crippen LogP contribution >= 0.6 is 11.3 Å². The average molecular weight is 407 g/mol. The normalized spacial score (nSPS) is 14.5. The fourth-order valence-electron chi connectivity index (χ4n) is 2.97. The van der Waals surface area contributed by atoms with Gasteiger partial charge in [-0.05, 0) is 30.9 Å². The molecule has 0 bridgehead atoms. The molecular formula is C19H19F2N3O3S. The average Bonchev–Trinajstić information content (AvgIpc) is 3.03. The van der Waals surface area contributed by atoms with E-state index >= 15 is 0 Å². The van der Waals surface area contributed by atoms with Crippen molar-refractivity contribution < 1.29 is 23.2 Å².